The molecule has 0 radical (unpaired) electrons. The van der Waals surface area contributed by atoms with E-state index in [0.717, 1.165) is 26.8 Å². The summed E-state index contributed by atoms with van der Waals surface area (Å²) in [6.07, 6.45) is 5.74. The van der Waals surface area contributed by atoms with E-state index in [-0.39, 0.29) is 47.0 Å². The third-order valence-corrected chi connectivity index (χ3v) is 18.3. The Morgan fingerprint density at radius 1 is 0.642 bits per heavy atom. The van der Waals surface area contributed by atoms with Gasteiger partial charge < -0.3 is 20.2 Å². The van der Waals surface area contributed by atoms with Gasteiger partial charge in [-0.15, -0.1) is 0 Å². The van der Waals surface area contributed by atoms with E-state index in [2.05, 4.69) is 29.9 Å². The molecule has 0 amide bonds. The number of nitrogens with one attached hydrogen (secondary N) is 2. The minimum Gasteiger partial charge on any atom is -0.505 e. The number of aromatic hydroxyl groups is 2. The Balaban J connectivity index is 0.000000184. The fourth-order valence-corrected chi connectivity index (χ4v) is 14.0. The summed E-state index contributed by atoms with van der Waals surface area (Å²) in [5, 5.41) is 20.6. The van der Waals surface area contributed by atoms with Gasteiger partial charge in [-0.1, -0.05) is 29.3 Å². The Morgan fingerprint density at radius 2 is 1.13 bits per heavy atom. The molecule has 0 aliphatic carbocycles. The van der Waals surface area contributed by atoms with Gasteiger partial charge in [0.15, 0.2) is 22.8 Å². The zero-order valence-corrected chi connectivity index (χ0v) is 34.2. The molecule has 274 valence electrons. The molecule has 2 aromatic carbocycles. The second-order valence-corrected chi connectivity index (χ2v) is 20.9. The minimum atomic E-state index is -5.16. The topological polar surface area (TPSA) is 237 Å². The zero-order valence-electron chi connectivity index (χ0n) is 27.3. The van der Waals surface area contributed by atoms with Crippen LogP contribution in [0.25, 0.3) is 33.5 Å². The average molecular weight is 1000 g/mol. The molecule has 0 atom stereocenters. The maximum absolute atomic E-state index is 12.1. The molecule has 4 heterocycles. The van der Waals surface area contributed by atoms with E-state index in [1.165, 1.54) is 49.1 Å². The molecule has 0 bridgehead atoms. The van der Waals surface area contributed by atoms with Crippen molar-refractivity contribution in [2.45, 2.75) is 20.8 Å². The van der Waals surface area contributed by atoms with Crippen LogP contribution >= 0.6 is 46.4 Å². The number of hydrogen-bond donors (Lipinski definition) is 4. The largest absolute Gasteiger partial charge is 0.505 e. The normalized spacial score (nSPS) is 10.7. The van der Waals surface area contributed by atoms with Crippen LogP contribution in [0.4, 0.5) is 0 Å². The van der Waals surface area contributed by atoms with Gasteiger partial charge in [0.1, 0.15) is 11.0 Å². The van der Waals surface area contributed by atoms with Gasteiger partial charge in [-0.3, -0.25) is 9.59 Å². The minimum absolute atomic E-state index is 0.0802. The Hall–Kier alpha value is -4.89. The number of H-pyrrole nitrogens is 2. The monoisotopic (exact) mass is 1000 g/mol. The van der Waals surface area contributed by atoms with Crippen molar-refractivity contribution < 1.29 is 32.7 Å². The quantitative estimate of drug-likeness (QED) is 0.169. The van der Waals surface area contributed by atoms with E-state index in [9.17, 15) is 34.2 Å². The molecule has 21 heteroatoms. The number of rotatable bonds is 5. The van der Waals surface area contributed by atoms with Gasteiger partial charge in [-0.2, -0.15) is 0 Å². The van der Waals surface area contributed by atoms with Crippen molar-refractivity contribution in [2.24, 2.45) is 0 Å². The first-order chi connectivity index (χ1) is 25.0. The molecule has 0 unspecified atom stereocenters. The second-order valence-electron chi connectivity index (χ2n) is 10.3. The first kappa shape index (κ1) is 40.9. The summed E-state index contributed by atoms with van der Waals surface area (Å²) in [5.41, 5.74) is 0.697. The fraction of sp³-hybridized carbons (Fsp3) is 0.0938. The number of benzene rings is 2. The SMILES string of the molecule is CC(=O)[O][Pb]([O]C(C)=O)([O]C(C)=O)[c]1ccc(Cl)c(Cl)c1.O=c1[nH]c2nccnc2c(O)c1-c1ccc(Cl)c(Cl)c1.O=c1cc(O)c2nccnc2[nH]1. The van der Waals surface area contributed by atoms with Gasteiger partial charge >= 0.3 is 138 Å². The summed E-state index contributed by atoms with van der Waals surface area (Å²) in [7, 11) is 0. The smallest absolute Gasteiger partial charge is 0.261 e. The molecule has 53 heavy (non-hydrogen) atoms. The first-order valence-corrected chi connectivity index (χ1v) is 22.8. The summed E-state index contributed by atoms with van der Waals surface area (Å²) >= 11 is 18.3. The zero-order chi connectivity index (χ0) is 39.0. The number of aromatic amines is 2. The second kappa shape index (κ2) is 17.8. The molecule has 0 fully saturated rings. The number of aromatic nitrogens is 6. The maximum Gasteiger partial charge on any atom is 0.261 e. The summed E-state index contributed by atoms with van der Waals surface area (Å²) in [6.45, 7) is 3.37. The fourth-order valence-electron chi connectivity index (χ4n) is 4.37. The molecule has 4 N–H and O–H groups in total. The van der Waals surface area contributed by atoms with E-state index in [1.54, 1.807) is 12.1 Å². The number of nitrogens with zero attached hydrogens (tertiary/aromatic N) is 4. The van der Waals surface area contributed by atoms with Gasteiger partial charge in [0.05, 0.1) is 15.6 Å². The number of hydrogen-bond acceptors (Lipinski definition) is 14. The van der Waals surface area contributed by atoms with Crippen LogP contribution in [0.2, 0.25) is 20.1 Å². The van der Waals surface area contributed by atoms with E-state index < -0.39 is 46.0 Å². The first-order valence-electron chi connectivity index (χ1n) is 14.6. The Morgan fingerprint density at radius 3 is 1.66 bits per heavy atom. The Kier molecular flexibility index (Phi) is 13.7. The molecule has 0 aliphatic rings. The molecule has 0 spiro atoms. The van der Waals surface area contributed by atoms with Gasteiger partial charge in [0, 0.05) is 30.9 Å². The van der Waals surface area contributed by atoms with Crippen LogP contribution in [-0.2, 0) is 22.4 Å². The van der Waals surface area contributed by atoms with Crippen molar-refractivity contribution in [1.82, 2.24) is 29.9 Å². The van der Waals surface area contributed by atoms with Crippen LogP contribution < -0.4 is 14.2 Å². The molecular weight excluding hydrogens is 977 g/mol. The van der Waals surface area contributed by atoms with Crippen LogP contribution in [0.15, 0.2) is 76.8 Å². The third-order valence-electron chi connectivity index (χ3n) is 6.38. The standard InChI is InChI=1S/C13H7Cl2N3O2.C7H5N3O2.C6H3Cl2.3C2H4O2.Pb/c14-7-2-1-6(5-8(7)15)9-11(19)10-12(18-13(9)20)17-4-3-16-10;11-4-3-5(12)10-7-6(4)8-1-2-9-7;7-5-3-1-2-4-6(5)8;3*1-2(3)4;/h1-5H,(H2,17,18,19,20);1-3H,(H2,9,10,11,12);1,3-4H;3*1H3,(H,3,4);/q;;;;;;+3/p-3. The average Bonchev–Trinajstić information content (AvgIpc) is 3.07. The molecule has 0 aliphatic heterocycles. The van der Waals surface area contributed by atoms with E-state index in [0.29, 0.717) is 26.8 Å². The summed E-state index contributed by atoms with van der Waals surface area (Å²) in [4.78, 5) is 77.6. The predicted octanol–water partition coefficient (Wildman–Crippen LogP) is 4.85. The van der Waals surface area contributed by atoms with Gasteiger partial charge in [0.25, 0.3) is 11.1 Å². The van der Waals surface area contributed by atoms with Crippen molar-refractivity contribution in [3.05, 3.63) is 108 Å². The van der Waals surface area contributed by atoms with Crippen molar-refractivity contribution in [1.29, 1.82) is 0 Å². The molecule has 4 aromatic heterocycles. The molecule has 16 nitrogen and oxygen atoms in total. The van der Waals surface area contributed by atoms with Gasteiger partial charge in [-0.05, 0) is 17.7 Å². The van der Waals surface area contributed by atoms with Crippen LogP contribution in [0.5, 0.6) is 11.5 Å². The number of pyridine rings is 2. The van der Waals surface area contributed by atoms with Crippen molar-refractivity contribution >= 4 is 112 Å². The van der Waals surface area contributed by atoms with Crippen LogP contribution in [-0.4, -0.2) is 80.6 Å². The Labute approximate surface area is 324 Å². The predicted molar refractivity (Wildman–Crippen MR) is 196 cm³/mol. The van der Waals surface area contributed by atoms with Crippen LogP contribution in [0.1, 0.15) is 20.8 Å². The summed E-state index contributed by atoms with van der Waals surface area (Å²) < 4.78 is 15.7. The van der Waals surface area contributed by atoms with E-state index in [1.807, 2.05) is 0 Å². The number of carbonyl (C=O) groups excluding carboxylic acids is 3. The van der Waals surface area contributed by atoms with Gasteiger partial charge in [-0.25, -0.2) is 19.9 Å². The number of fused-ring (bicyclic) bond motifs is 2. The van der Waals surface area contributed by atoms with Crippen molar-refractivity contribution in [2.75, 3.05) is 0 Å². The molecule has 0 saturated carbocycles. The molecule has 6 aromatic rings. The van der Waals surface area contributed by atoms with E-state index >= 15 is 0 Å². The van der Waals surface area contributed by atoms with Crippen LogP contribution in [0.3, 0.4) is 0 Å². The Bertz CT molecular complexity index is 2440. The van der Waals surface area contributed by atoms with E-state index in [4.69, 9.17) is 54.5 Å². The van der Waals surface area contributed by atoms with Crippen molar-refractivity contribution in [3.63, 3.8) is 0 Å². The molecule has 6 rings (SSSR count). The van der Waals surface area contributed by atoms with Gasteiger partial charge in [0.2, 0.25) is 0 Å². The number of halogens is 4. The number of carbonyl (C=O) groups is 3. The summed E-state index contributed by atoms with van der Waals surface area (Å²) in [6, 6.07) is 9.97. The van der Waals surface area contributed by atoms with Crippen LogP contribution in [0, 0.1) is 0 Å². The molecular formula is C32H24Cl4N6O10Pb. The van der Waals surface area contributed by atoms with Crippen molar-refractivity contribution in [3.8, 4) is 22.6 Å². The third kappa shape index (κ3) is 10.4. The maximum atomic E-state index is 12.1. The summed E-state index contributed by atoms with van der Waals surface area (Å²) in [5.74, 6) is -2.59. The molecule has 0 saturated heterocycles.